The lowest BCUT2D eigenvalue weighted by Crippen LogP contribution is -2.51. The van der Waals surface area contributed by atoms with Crippen molar-refractivity contribution in [2.24, 2.45) is 11.8 Å². The van der Waals surface area contributed by atoms with Crippen molar-refractivity contribution >= 4 is 80.9 Å². The summed E-state index contributed by atoms with van der Waals surface area (Å²) in [6.45, 7) is 8.71. The number of carbonyl (C=O) groups is 4. The van der Waals surface area contributed by atoms with E-state index in [1.165, 1.54) is 14.2 Å². The van der Waals surface area contributed by atoms with E-state index in [-0.39, 0.29) is 60.5 Å². The van der Waals surface area contributed by atoms with Gasteiger partial charge in [0.15, 0.2) is 0 Å². The van der Waals surface area contributed by atoms with Crippen molar-refractivity contribution in [2.45, 2.75) is 77.5 Å². The van der Waals surface area contributed by atoms with Gasteiger partial charge in [-0.3, -0.25) is 9.59 Å². The number of methoxy groups -OCH3 is 2. The summed E-state index contributed by atoms with van der Waals surface area (Å²) in [7, 11) is 2.56. The molecule has 2 aliphatic heterocycles. The molecular weight excluding hydrogens is 800 g/mol. The highest BCUT2D eigenvalue weighted by molar-refractivity contribution is 7.27. The summed E-state index contributed by atoms with van der Waals surface area (Å²) in [5.74, 6) is 12.9. The van der Waals surface area contributed by atoms with Crippen LogP contribution in [0.4, 0.5) is 9.59 Å². The highest BCUT2D eigenvalue weighted by Gasteiger charge is 2.39. The number of nitrogens with zero attached hydrogens (tertiary/aromatic N) is 4. The average molecular weight is 846 g/mol. The van der Waals surface area contributed by atoms with Crippen LogP contribution in [0.5, 0.6) is 0 Å². The summed E-state index contributed by atoms with van der Waals surface area (Å²) in [5, 5.41) is 9.46. The lowest BCUT2D eigenvalue weighted by atomic mass is 10.0. The number of fused-ring (bicyclic) bond motifs is 1. The summed E-state index contributed by atoms with van der Waals surface area (Å²) in [6, 6.07) is -1.87. The molecule has 6 heterocycles. The maximum atomic E-state index is 13.6. The standard InChI is InChI=1S/C38H44N8O6S2.2ClH/c1-21(2)29(43-37(49)51-5)35(47)45-15-9-13-27(45)33-39-17-24(41-33)12-8-7-11-23-19-53-32-25(20-54-31(23)32)26-18-40-34(42-26)28-14-10-16-46(28)36(48)30(22(3)4)44-38(50)52-6;;/h17-22,27-30H,9-10,13-16H2,1-6H3,(H,39,41)(H,40,42)(H,43,49)(H,44,50);2*1H/t27-,28-,29-,30-;;/m0../s1. The summed E-state index contributed by atoms with van der Waals surface area (Å²) < 4.78 is 11.6. The predicted molar refractivity (Wildman–Crippen MR) is 220 cm³/mol. The van der Waals surface area contributed by atoms with Crippen LogP contribution in [0.25, 0.3) is 20.7 Å². The Hall–Kier alpha value is -4.74. The molecule has 4 aromatic heterocycles. The SMILES string of the molecule is COC(=O)N[C@H](C(=O)N1CCC[C@H]1c1ncc(C#CC#Cc2csc3c(-c4cnc([C@@H]5CCCN5C(=O)[C@@H](NC(=O)OC)C(C)C)[nH]4)csc23)[nH]1)C(C)C.Cl.Cl. The summed E-state index contributed by atoms with van der Waals surface area (Å²) in [4.78, 5) is 70.3. The monoisotopic (exact) mass is 844 g/mol. The molecule has 0 aliphatic carbocycles. The number of alkyl carbamates (subject to hydrolysis) is 2. The van der Waals surface area contributed by atoms with Crippen LogP contribution >= 0.6 is 47.5 Å². The zero-order chi connectivity index (χ0) is 38.5. The van der Waals surface area contributed by atoms with Crippen LogP contribution in [0.3, 0.4) is 0 Å². The second-order valence-corrected chi connectivity index (χ2v) is 15.7. The van der Waals surface area contributed by atoms with Crippen LogP contribution in [-0.2, 0) is 19.1 Å². The molecule has 2 saturated heterocycles. The van der Waals surface area contributed by atoms with Crippen LogP contribution < -0.4 is 10.6 Å². The molecule has 18 heteroatoms. The van der Waals surface area contributed by atoms with Crippen molar-refractivity contribution in [3.05, 3.63) is 46.1 Å². The Bertz CT molecular complexity index is 2150. The fourth-order valence-electron chi connectivity index (χ4n) is 6.89. The molecule has 4 aromatic rings. The number of likely N-dealkylation sites (tertiary alicyclic amines) is 2. The number of carbonyl (C=O) groups excluding carboxylic acids is 4. The van der Waals surface area contributed by atoms with Crippen LogP contribution in [0.1, 0.15) is 88.4 Å². The first-order chi connectivity index (χ1) is 26.0. The van der Waals surface area contributed by atoms with E-state index in [1.54, 1.807) is 38.7 Å². The Morgan fingerprint density at radius 2 is 1.29 bits per heavy atom. The molecule has 0 radical (unpaired) electrons. The van der Waals surface area contributed by atoms with Gasteiger partial charge >= 0.3 is 12.2 Å². The van der Waals surface area contributed by atoms with Crippen LogP contribution in [0.15, 0.2) is 23.2 Å². The first-order valence-electron chi connectivity index (χ1n) is 17.9. The number of hydrogen-bond donors (Lipinski definition) is 4. The third-order valence-electron chi connectivity index (χ3n) is 9.71. The molecule has 6 rings (SSSR count). The number of imidazole rings is 2. The first-order valence-corrected chi connectivity index (χ1v) is 19.7. The van der Waals surface area contributed by atoms with Crippen LogP contribution in [0.2, 0.25) is 0 Å². The van der Waals surface area contributed by atoms with E-state index >= 15 is 0 Å². The van der Waals surface area contributed by atoms with Gasteiger partial charge in [-0.2, -0.15) is 0 Å². The Balaban J connectivity index is 0.00000348. The molecule has 2 aliphatic rings. The topological polar surface area (TPSA) is 175 Å². The Kier molecular flexibility index (Phi) is 15.2. The van der Waals surface area contributed by atoms with Gasteiger partial charge < -0.3 is 39.9 Å². The van der Waals surface area contributed by atoms with Gasteiger partial charge in [-0.1, -0.05) is 33.6 Å². The second-order valence-electron chi connectivity index (χ2n) is 13.9. The Labute approximate surface area is 346 Å². The smallest absolute Gasteiger partial charge is 0.407 e. The quantitative estimate of drug-likeness (QED) is 0.140. The number of thiophene rings is 2. The van der Waals surface area contributed by atoms with Crippen molar-refractivity contribution < 1.29 is 28.7 Å². The summed E-state index contributed by atoms with van der Waals surface area (Å²) in [5.41, 5.74) is 3.36. The van der Waals surface area contributed by atoms with Crippen molar-refractivity contribution in [2.75, 3.05) is 27.3 Å². The zero-order valence-corrected chi connectivity index (χ0v) is 35.2. The number of hydrogen-bond acceptors (Lipinski definition) is 10. The van der Waals surface area contributed by atoms with E-state index in [1.807, 2.05) is 39.3 Å². The van der Waals surface area contributed by atoms with Crippen molar-refractivity contribution in [1.82, 2.24) is 40.4 Å². The predicted octanol–water partition coefficient (Wildman–Crippen LogP) is 6.41. The van der Waals surface area contributed by atoms with Gasteiger partial charge in [-0.25, -0.2) is 19.6 Å². The van der Waals surface area contributed by atoms with Gasteiger partial charge in [0.2, 0.25) is 11.8 Å². The highest BCUT2D eigenvalue weighted by Crippen LogP contribution is 2.40. The largest absolute Gasteiger partial charge is 0.453 e. The van der Waals surface area contributed by atoms with Gasteiger partial charge in [0.1, 0.15) is 29.4 Å². The number of nitrogens with one attached hydrogen (secondary N) is 4. The molecule has 4 N–H and O–H groups in total. The molecule has 300 valence electrons. The van der Waals surface area contributed by atoms with Crippen molar-refractivity contribution in [1.29, 1.82) is 0 Å². The number of ether oxygens (including phenoxy) is 2. The lowest BCUT2D eigenvalue weighted by Gasteiger charge is -2.30. The Morgan fingerprint density at radius 1 is 0.768 bits per heavy atom. The fourth-order valence-corrected chi connectivity index (χ4v) is 9.19. The zero-order valence-electron chi connectivity index (χ0n) is 31.9. The third kappa shape index (κ3) is 9.44. The fraction of sp³-hybridized carbons (Fsp3) is 0.474. The minimum Gasteiger partial charge on any atom is -0.453 e. The number of aromatic amines is 2. The van der Waals surface area contributed by atoms with Gasteiger partial charge in [-0.15, -0.1) is 47.5 Å². The third-order valence-corrected chi connectivity index (χ3v) is 11.9. The molecular formula is C38H46Cl2N8O6S2. The maximum Gasteiger partial charge on any atom is 0.407 e. The summed E-state index contributed by atoms with van der Waals surface area (Å²) in [6.07, 6.45) is 5.37. The van der Waals surface area contributed by atoms with E-state index in [9.17, 15) is 19.2 Å². The minimum atomic E-state index is -0.704. The normalized spacial score (nSPS) is 17.2. The van der Waals surface area contributed by atoms with Gasteiger partial charge in [-0.05, 0) is 55.3 Å². The first kappa shape index (κ1) is 44.0. The molecule has 14 nitrogen and oxygen atoms in total. The van der Waals surface area contributed by atoms with Gasteiger partial charge in [0.25, 0.3) is 0 Å². The maximum absolute atomic E-state index is 13.6. The van der Waals surface area contributed by atoms with Gasteiger partial charge in [0, 0.05) is 29.4 Å². The number of halogens is 2. The lowest BCUT2D eigenvalue weighted by molar-refractivity contribution is -0.136. The van der Waals surface area contributed by atoms with E-state index in [2.05, 4.69) is 54.6 Å². The molecule has 0 aromatic carbocycles. The molecule has 0 unspecified atom stereocenters. The number of rotatable bonds is 9. The van der Waals surface area contributed by atoms with Crippen LogP contribution in [0, 0.1) is 35.5 Å². The van der Waals surface area contributed by atoms with Crippen LogP contribution in [-0.4, -0.2) is 93.1 Å². The molecule has 0 spiro atoms. The average Bonchev–Trinajstić information content (AvgIpc) is 4.00. The molecule has 56 heavy (non-hydrogen) atoms. The molecule has 4 atom stereocenters. The van der Waals surface area contributed by atoms with Crippen molar-refractivity contribution in [3.63, 3.8) is 0 Å². The van der Waals surface area contributed by atoms with E-state index in [0.29, 0.717) is 30.4 Å². The minimum absolute atomic E-state index is 0. The number of H-pyrrole nitrogens is 2. The molecule has 0 saturated carbocycles. The molecule has 2 fully saturated rings. The van der Waals surface area contributed by atoms with Gasteiger partial charge in [0.05, 0.1) is 59.4 Å². The molecule has 0 bridgehead atoms. The van der Waals surface area contributed by atoms with E-state index in [4.69, 9.17) is 14.5 Å². The second kappa shape index (κ2) is 19.4. The van der Waals surface area contributed by atoms with E-state index in [0.717, 1.165) is 51.9 Å². The Morgan fingerprint density at radius 3 is 1.84 bits per heavy atom. The van der Waals surface area contributed by atoms with Crippen molar-refractivity contribution in [3.8, 4) is 34.9 Å². The highest BCUT2D eigenvalue weighted by atomic mass is 35.5. The summed E-state index contributed by atoms with van der Waals surface area (Å²) >= 11 is 3.21. The number of aromatic nitrogens is 4. The number of amides is 4. The molecule has 4 amide bonds. The van der Waals surface area contributed by atoms with E-state index < -0.39 is 24.3 Å².